The minimum atomic E-state index is 1.36. The molecule has 54 valence electrons. The van der Waals surface area contributed by atoms with Crippen LogP contribution in [0.25, 0.3) is 0 Å². The molecule has 0 aromatic heterocycles. The number of hydrogen-bond donors (Lipinski definition) is 2. The molecule has 0 saturated carbocycles. The van der Waals surface area contributed by atoms with Crippen LogP contribution in [0.15, 0.2) is 0 Å². The van der Waals surface area contributed by atoms with Gasteiger partial charge in [-0.3, -0.25) is 0 Å². The highest BCUT2D eigenvalue weighted by Crippen LogP contribution is 1.95. The standard InChI is InChI=1S/C6H14.H2N3/c1-3-5-6-4-2;1-3-2/h3-6H2,1-2H3;1-2H/q;+1. The maximum atomic E-state index is 5.50. The quantitative estimate of drug-likeness (QED) is 0.335. The van der Waals surface area contributed by atoms with Crippen molar-refractivity contribution in [1.29, 1.82) is 11.1 Å². The molecule has 0 aliphatic heterocycles. The minimum absolute atomic E-state index is 1.36. The van der Waals surface area contributed by atoms with Crippen molar-refractivity contribution in [3.05, 3.63) is 0 Å². The summed E-state index contributed by atoms with van der Waals surface area (Å²) in [6, 6.07) is 0. The predicted molar refractivity (Wildman–Crippen MR) is 37.4 cm³/mol. The van der Waals surface area contributed by atoms with Gasteiger partial charge in [0.2, 0.25) is 4.91 Å². The molecule has 0 bridgehead atoms. The largest absolute Gasteiger partial charge is 0.211 e. The van der Waals surface area contributed by atoms with Gasteiger partial charge in [0.05, 0.1) is 0 Å². The van der Waals surface area contributed by atoms with Gasteiger partial charge in [-0.15, -0.1) is 0 Å². The van der Waals surface area contributed by atoms with E-state index < -0.39 is 0 Å². The van der Waals surface area contributed by atoms with Gasteiger partial charge in [-0.05, 0) is 0 Å². The summed E-state index contributed by atoms with van der Waals surface area (Å²) in [5.41, 5.74) is 11.0. The fraction of sp³-hybridized carbons (Fsp3) is 1.00. The van der Waals surface area contributed by atoms with Gasteiger partial charge < -0.3 is 0 Å². The van der Waals surface area contributed by atoms with Crippen LogP contribution in [-0.4, -0.2) is 0 Å². The Hall–Kier alpha value is -0.690. The molecular weight excluding hydrogens is 114 g/mol. The van der Waals surface area contributed by atoms with Gasteiger partial charge in [0.25, 0.3) is 0 Å². The monoisotopic (exact) mass is 130 g/mol. The molecule has 0 fully saturated rings. The van der Waals surface area contributed by atoms with Crippen LogP contribution in [0.4, 0.5) is 0 Å². The van der Waals surface area contributed by atoms with E-state index in [1.54, 1.807) is 0 Å². The van der Waals surface area contributed by atoms with Crippen molar-refractivity contribution in [3.8, 4) is 0 Å². The summed E-state index contributed by atoms with van der Waals surface area (Å²) in [7, 11) is 0. The van der Waals surface area contributed by atoms with Gasteiger partial charge in [-0.2, -0.15) is 0 Å². The molecule has 9 heavy (non-hydrogen) atoms. The highest BCUT2D eigenvalue weighted by atomic mass is 15.0. The fourth-order valence-corrected chi connectivity index (χ4v) is 0.500. The molecule has 0 unspecified atom stereocenters. The zero-order valence-corrected chi connectivity index (χ0v) is 6.28. The van der Waals surface area contributed by atoms with E-state index >= 15 is 0 Å². The number of nitrogens with zero attached hydrogens (tertiary/aromatic N) is 1. The van der Waals surface area contributed by atoms with Crippen LogP contribution in [0, 0.1) is 11.1 Å². The summed E-state index contributed by atoms with van der Waals surface area (Å²) < 4.78 is 0. The highest BCUT2D eigenvalue weighted by Gasteiger charge is 1.75. The molecule has 0 aliphatic rings. The molecule has 0 aromatic rings. The van der Waals surface area contributed by atoms with Crippen LogP contribution in [0.5, 0.6) is 0 Å². The summed E-state index contributed by atoms with van der Waals surface area (Å²) in [6.45, 7) is 4.46. The van der Waals surface area contributed by atoms with Crippen LogP contribution in [0.2, 0.25) is 0 Å². The molecule has 0 radical (unpaired) electrons. The van der Waals surface area contributed by atoms with Crippen LogP contribution >= 0.6 is 0 Å². The van der Waals surface area contributed by atoms with Gasteiger partial charge >= 0.3 is 0 Å². The van der Waals surface area contributed by atoms with Gasteiger partial charge in [-0.25, -0.2) is 0 Å². The lowest BCUT2D eigenvalue weighted by Gasteiger charge is -1.86. The van der Waals surface area contributed by atoms with E-state index in [0.29, 0.717) is 0 Å². The summed E-state index contributed by atoms with van der Waals surface area (Å²) >= 11 is 0. The van der Waals surface area contributed by atoms with Crippen molar-refractivity contribution in [2.24, 2.45) is 0 Å². The first kappa shape index (κ1) is 11.2. The average Bonchev–Trinajstić information content (AvgIpc) is 1.86. The molecule has 3 nitrogen and oxygen atoms in total. The molecule has 0 aromatic carbocycles. The maximum absolute atomic E-state index is 5.50. The molecule has 0 aliphatic carbocycles. The van der Waals surface area contributed by atoms with Crippen molar-refractivity contribution in [2.45, 2.75) is 39.5 Å². The second kappa shape index (κ2) is 15.7. The van der Waals surface area contributed by atoms with Crippen molar-refractivity contribution < 1.29 is 0 Å². The van der Waals surface area contributed by atoms with Gasteiger partial charge in [0, 0.05) is 0 Å². The zero-order valence-electron chi connectivity index (χ0n) is 6.28. The van der Waals surface area contributed by atoms with Crippen LogP contribution in [0.1, 0.15) is 39.5 Å². The van der Waals surface area contributed by atoms with Gasteiger partial charge in [-0.1, -0.05) is 39.5 Å². The number of hydrogen-bond acceptors (Lipinski definition) is 2. The molecular formula is C6H16N3+. The predicted octanol–water partition coefficient (Wildman–Crippen LogP) is 2.70. The molecule has 2 N–H and O–H groups in total. The summed E-state index contributed by atoms with van der Waals surface area (Å²) in [5, 5.41) is 0. The first-order chi connectivity index (χ1) is 4.33. The lowest BCUT2D eigenvalue weighted by atomic mass is 10.2. The van der Waals surface area contributed by atoms with E-state index in [2.05, 4.69) is 13.8 Å². The first-order valence-corrected chi connectivity index (χ1v) is 3.36. The zero-order chi connectivity index (χ0) is 7.54. The van der Waals surface area contributed by atoms with Crippen molar-refractivity contribution >= 4 is 0 Å². The second-order valence-corrected chi connectivity index (χ2v) is 1.82. The molecule has 0 spiro atoms. The van der Waals surface area contributed by atoms with Crippen molar-refractivity contribution in [3.63, 3.8) is 0 Å². The van der Waals surface area contributed by atoms with E-state index in [-0.39, 0.29) is 0 Å². The second-order valence-electron chi connectivity index (χ2n) is 1.82. The minimum Gasteiger partial charge on any atom is -0.0654 e. The smallest absolute Gasteiger partial charge is 0.0654 e. The Morgan fingerprint density at radius 3 is 1.33 bits per heavy atom. The number of nitrogens with one attached hydrogen (secondary N) is 2. The number of unbranched alkanes of at least 4 members (excludes halogenated alkanes) is 3. The van der Waals surface area contributed by atoms with E-state index in [4.69, 9.17) is 11.1 Å². The molecule has 0 amide bonds. The summed E-state index contributed by atoms with van der Waals surface area (Å²) in [6.07, 6.45) is 5.54. The van der Waals surface area contributed by atoms with E-state index in [1.165, 1.54) is 25.7 Å². The molecule has 0 saturated heterocycles. The SMILES string of the molecule is CCCCCC.N=[N+]=N. The summed E-state index contributed by atoms with van der Waals surface area (Å²) in [5.74, 6) is 0. The maximum Gasteiger partial charge on any atom is 0.211 e. The summed E-state index contributed by atoms with van der Waals surface area (Å²) in [4.78, 5) is 2.00. The molecule has 3 heteroatoms. The lowest BCUT2D eigenvalue weighted by Crippen LogP contribution is -1.66. The van der Waals surface area contributed by atoms with Crippen LogP contribution < -0.4 is 4.91 Å². The van der Waals surface area contributed by atoms with E-state index in [0.717, 1.165) is 0 Å². The van der Waals surface area contributed by atoms with Crippen molar-refractivity contribution in [1.82, 2.24) is 4.91 Å². The third-order valence-corrected chi connectivity index (χ3v) is 0.957. The fourth-order valence-electron chi connectivity index (χ4n) is 0.500. The van der Waals surface area contributed by atoms with E-state index in [9.17, 15) is 0 Å². The third kappa shape index (κ3) is 38.6. The topological polar surface area (TPSA) is 61.8 Å². The van der Waals surface area contributed by atoms with Gasteiger partial charge in [0.15, 0.2) is 0 Å². The Kier molecular flexibility index (Phi) is 19.4. The molecule has 0 rings (SSSR count). The van der Waals surface area contributed by atoms with Gasteiger partial charge in [0.1, 0.15) is 11.1 Å². The first-order valence-electron chi connectivity index (χ1n) is 3.36. The molecule has 0 heterocycles. The third-order valence-electron chi connectivity index (χ3n) is 0.957. The van der Waals surface area contributed by atoms with Crippen molar-refractivity contribution in [2.75, 3.05) is 0 Å². The Labute approximate surface area is 56.5 Å². The Morgan fingerprint density at radius 2 is 1.22 bits per heavy atom. The lowest BCUT2D eigenvalue weighted by molar-refractivity contribution is 0.702. The Bertz CT molecular complexity index is 60.7. The van der Waals surface area contributed by atoms with Crippen LogP contribution in [0.3, 0.4) is 0 Å². The Balaban J connectivity index is 0. The average molecular weight is 130 g/mol. The van der Waals surface area contributed by atoms with Crippen LogP contribution in [-0.2, 0) is 0 Å². The normalized spacial score (nSPS) is 6.89. The molecule has 0 atom stereocenters. The van der Waals surface area contributed by atoms with E-state index in [1.807, 2.05) is 4.91 Å². The Morgan fingerprint density at radius 1 is 1.00 bits per heavy atom. The number of rotatable bonds is 3. The highest BCUT2D eigenvalue weighted by molar-refractivity contribution is 4.31.